The number of hydrogen-bond acceptors (Lipinski definition) is 6. The summed E-state index contributed by atoms with van der Waals surface area (Å²) in [5.41, 5.74) is 6.50. The Labute approximate surface area is 198 Å². The predicted octanol–water partition coefficient (Wildman–Crippen LogP) is 3.80. The molecule has 1 spiro atoms. The summed E-state index contributed by atoms with van der Waals surface area (Å²) in [7, 11) is 0. The molecule has 2 unspecified atom stereocenters. The van der Waals surface area contributed by atoms with Crippen LogP contribution in [0.2, 0.25) is 0 Å². The number of fused-ring (bicyclic) bond motifs is 3. The van der Waals surface area contributed by atoms with E-state index in [4.69, 9.17) is 15.2 Å². The summed E-state index contributed by atoms with van der Waals surface area (Å²) in [5, 5.41) is 2.83. The summed E-state index contributed by atoms with van der Waals surface area (Å²) in [6.45, 7) is 1.74. The van der Waals surface area contributed by atoms with Crippen LogP contribution >= 0.6 is 15.9 Å². The molecule has 2 atom stereocenters. The van der Waals surface area contributed by atoms with Gasteiger partial charge in [-0.15, -0.1) is 0 Å². The van der Waals surface area contributed by atoms with Gasteiger partial charge < -0.3 is 20.5 Å². The number of halogens is 1. The second-order valence-electron chi connectivity index (χ2n) is 8.19. The van der Waals surface area contributed by atoms with Gasteiger partial charge in [0.25, 0.3) is 0 Å². The zero-order valence-corrected chi connectivity index (χ0v) is 19.4. The quantitative estimate of drug-likeness (QED) is 0.610. The van der Waals surface area contributed by atoms with Crippen LogP contribution in [-0.4, -0.2) is 24.3 Å². The molecule has 2 aliphatic heterocycles. The first kappa shape index (κ1) is 21.5. The SMILES string of the molecule is CCOC(=O)C1=C(N)OC2=C(C(=O)CC(c3ccccc3)C2)C12C(=O)Nc1ccc(Br)cc12. The number of benzene rings is 2. The molecule has 3 aliphatic rings. The topological polar surface area (TPSA) is 108 Å². The number of Topliss-reactive ketones (excluding diaryl/α,β-unsaturated/α-hetero) is 1. The number of amides is 1. The Bertz CT molecular complexity index is 1270. The summed E-state index contributed by atoms with van der Waals surface area (Å²) in [6, 6.07) is 14.9. The standard InChI is InChI=1S/C25H21BrN2O5/c1-2-32-23(30)21-22(27)33-19-11-14(13-6-4-3-5-7-13)10-18(29)20(19)25(21)16-12-15(26)8-9-17(16)28-24(25)31/h3-9,12,14H,2,10-11,27H2,1H3,(H,28,31). The molecule has 1 aliphatic carbocycles. The van der Waals surface area contributed by atoms with Crippen molar-refractivity contribution in [3.8, 4) is 0 Å². The monoisotopic (exact) mass is 508 g/mol. The molecule has 33 heavy (non-hydrogen) atoms. The van der Waals surface area contributed by atoms with Crippen LogP contribution < -0.4 is 11.1 Å². The van der Waals surface area contributed by atoms with Crippen LogP contribution in [0.4, 0.5) is 5.69 Å². The van der Waals surface area contributed by atoms with Gasteiger partial charge in [-0.25, -0.2) is 4.79 Å². The highest BCUT2D eigenvalue weighted by Crippen LogP contribution is 2.56. The highest BCUT2D eigenvalue weighted by molar-refractivity contribution is 9.10. The van der Waals surface area contributed by atoms with E-state index >= 15 is 0 Å². The number of carbonyl (C=O) groups excluding carboxylic acids is 3. The minimum Gasteiger partial charge on any atom is -0.462 e. The molecule has 1 amide bonds. The van der Waals surface area contributed by atoms with Gasteiger partial charge in [-0.1, -0.05) is 46.3 Å². The lowest BCUT2D eigenvalue weighted by molar-refractivity contribution is -0.141. The first-order valence-electron chi connectivity index (χ1n) is 10.7. The molecular formula is C25H21BrN2O5. The maximum absolute atomic E-state index is 13.7. The zero-order valence-electron chi connectivity index (χ0n) is 17.8. The number of nitrogens with two attached hydrogens (primary N) is 1. The molecule has 0 bridgehead atoms. The summed E-state index contributed by atoms with van der Waals surface area (Å²) >= 11 is 3.45. The van der Waals surface area contributed by atoms with Crippen molar-refractivity contribution in [1.29, 1.82) is 0 Å². The van der Waals surface area contributed by atoms with Crippen molar-refractivity contribution in [2.24, 2.45) is 5.73 Å². The zero-order chi connectivity index (χ0) is 23.3. The fraction of sp³-hybridized carbons (Fsp3) is 0.240. The van der Waals surface area contributed by atoms with Crippen LogP contribution in [0.3, 0.4) is 0 Å². The molecule has 2 aromatic rings. The lowest BCUT2D eigenvalue weighted by Gasteiger charge is -2.40. The molecule has 2 heterocycles. The van der Waals surface area contributed by atoms with E-state index in [1.165, 1.54) is 0 Å². The van der Waals surface area contributed by atoms with Gasteiger partial charge in [-0.3, -0.25) is 9.59 Å². The number of allylic oxidation sites excluding steroid dienone is 1. The molecule has 2 aromatic carbocycles. The normalized spacial score (nSPS) is 23.8. The van der Waals surface area contributed by atoms with Gasteiger partial charge >= 0.3 is 5.97 Å². The predicted molar refractivity (Wildman–Crippen MR) is 124 cm³/mol. The Morgan fingerprint density at radius 3 is 2.70 bits per heavy atom. The van der Waals surface area contributed by atoms with E-state index in [1.54, 1.807) is 25.1 Å². The number of nitrogens with one attached hydrogen (secondary N) is 1. The fourth-order valence-electron chi connectivity index (χ4n) is 5.07. The Balaban J connectivity index is 1.75. The number of anilines is 1. The molecule has 168 valence electrons. The number of ketones is 1. The van der Waals surface area contributed by atoms with E-state index in [2.05, 4.69) is 21.2 Å². The van der Waals surface area contributed by atoms with E-state index in [9.17, 15) is 14.4 Å². The Morgan fingerprint density at radius 1 is 1.21 bits per heavy atom. The van der Waals surface area contributed by atoms with Crippen molar-refractivity contribution in [3.63, 3.8) is 0 Å². The van der Waals surface area contributed by atoms with Crippen molar-refractivity contribution in [3.05, 3.63) is 86.9 Å². The van der Waals surface area contributed by atoms with Crippen LogP contribution in [0.25, 0.3) is 0 Å². The summed E-state index contributed by atoms with van der Waals surface area (Å²) in [6.07, 6.45) is 0.556. The Hall–Kier alpha value is -3.39. The molecule has 5 rings (SSSR count). The Kier molecular flexibility index (Phi) is 5.12. The third kappa shape index (κ3) is 3.12. The minimum atomic E-state index is -1.73. The molecule has 0 fully saturated rings. The van der Waals surface area contributed by atoms with Crippen molar-refractivity contribution < 1.29 is 23.9 Å². The van der Waals surface area contributed by atoms with Gasteiger partial charge in [0.05, 0.1) is 12.2 Å². The van der Waals surface area contributed by atoms with Gasteiger partial charge in [-0.05, 0) is 36.6 Å². The highest BCUT2D eigenvalue weighted by atomic mass is 79.9. The number of carbonyl (C=O) groups is 3. The first-order valence-corrected chi connectivity index (χ1v) is 11.5. The van der Waals surface area contributed by atoms with Crippen molar-refractivity contribution in [1.82, 2.24) is 0 Å². The number of ether oxygens (including phenoxy) is 2. The molecule has 0 saturated carbocycles. The minimum absolute atomic E-state index is 0.0780. The van der Waals surface area contributed by atoms with Crippen LogP contribution in [0.15, 0.2) is 75.8 Å². The van der Waals surface area contributed by atoms with E-state index in [0.29, 0.717) is 27.9 Å². The van der Waals surface area contributed by atoms with Crippen LogP contribution in [-0.2, 0) is 29.3 Å². The lowest BCUT2D eigenvalue weighted by atomic mass is 9.63. The van der Waals surface area contributed by atoms with Gasteiger partial charge in [0, 0.05) is 28.6 Å². The van der Waals surface area contributed by atoms with Crippen LogP contribution in [0.5, 0.6) is 0 Å². The van der Waals surface area contributed by atoms with Crippen molar-refractivity contribution in [2.75, 3.05) is 11.9 Å². The summed E-state index contributed by atoms with van der Waals surface area (Å²) in [5.74, 6) is -1.61. The maximum Gasteiger partial charge on any atom is 0.341 e. The summed E-state index contributed by atoms with van der Waals surface area (Å²) in [4.78, 5) is 40.5. The maximum atomic E-state index is 13.7. The van der Waals surface area contributed by atoms with E-state index in [-0.39, 0.29) is 41.8 Å². The average Bonchev–Trinajstić information content (AvgIpc) is 3.05. The van der Waals surface area contributed by atoms with Gasteiger partial charge in [0.15, 0.2) is 5.78 Å². The fourth-order valence-corrected chi connectivity index (χ4v) is 5.43. The van der Waals surface area contributed by atoms with Crippen molar-refractivity contribution in [2.45, 2.75) is 31.1 Å². The number of rotatable bonds is 3. The molecule has 0 radical (unpaired) electrons. The molecule has 7 nitrogen and oxygen atoms in total. The molecule has 3 N–H and O–H groups in total. The molecular weight excluding hydrogens is 488 g/mol. The van der Waals surface area contributed by atoms with Gasteiger partial charge in [0.2, 0.25) is 11.8 Å². The van der Waals surface area contributed by atoms with E-state index < -0.39 is 17.3 Å². The molecule has 0 saturated heterocycles. The average molecular weight is 509 g/mol. The third-order valence-electron chi connectivity index (χ3n) is 6.38. The summed E-state index contributed by atoms with van der Waals surface area (Å²) < 4.78 is 11.8. The van der Waals surface area contributed by atoms with Gasteiger partial charge in [-0.2, -0.15) is 0 Å². The Morgan fingerprint density at radius 2 is 1.97 bits per heavy atom. The second kappa shape index (κ2) is 7.88. The van der Waals surface area contributed by atoms with E-state index in [0.717, 1.165) is 5.56 Å². The van der Waals surface area contributed by atoms with Crippen LogP contribution in [0.1, 0.15) is 36.8 Å². The third-order valence-corrected chi connectivity index (χ3v) is 6.87. The van der Waals surface area contributed by atoms with Gasteiger partial charge in [0.1, 0.15) is 16.7 Å². The van der Waals surface area contributed by atoms with Crippen molar-refractivity contribution >= 4 is 39.3 Å². The largest absolute Gasteiger partial charge is 0.462 e. The number of esters is 1. The van der Waals surface area contributed by atoms with Crippen LogP contribution in [0, 0.1) is 0 Å². The molecule has 8 heteroatoms. The highest BCUT2D eigenvalue weighted by Gasteiger charge is 2.62. The smallest absolute Gasteiger partial charge is 0.341 e. The number of hydrogen-bond donors (Lipinski definition) is 2. The first-order chi connectivity index (χ1) is 15.9. The molecule has 0 aromatic heterocycles. The lowest BCUT2D eigenvalue weighted by Crippen LogP contribution is -2.49. The van der Waals surface area contributed by atoms with E-state index in [1.807, 2.05) is 30.3 Å². The second-order valence-corrected chi connectivity index (χ2v) is 9.11.